The van der Waals surface area contributed by atoms with Gasteiger partial charge in [0.1, 0.15) is 0 Å². The molecule has 0 spiro atoms. The second kappa shape index (κ2) is 7.58. The quantitative estimate of drug-likeness (QED) is 0.468. The Labute approximate surface area is 151 Å². The second-order valence-corrected chi connectivity index (χ2v) is 7.89. The molecule has 2 rings (SSSR count). The SMILES string of the molecule is C[C@H](NC(=S)Nc1ccc([N+](=O)[O-])cc1)c1ccc(S(C)(=O)=O)cc1. The van der Waals surface area contributed by atoms with Crippen LogP contribution >= 0.6 is 12.2 Å². The topological polar surface area (TPSA) is 101 Å². The van der Waals surface area contributed by atoms with Gasteiger partial charge in [0.25, 0.3) is 5.69 Å². The number of thiocarbonyl (C=S) groups is 1. The Morgan fingerprint density at radius 1 is 1.12 bits per heavy atom. The predicted molar refractivity (Wildman–Crippen MR) is 100 cm³/mol. The van der Waals surface area contributed by atoms with Gasteiger partial charge in [-0.1, -0.05) is 12.1 Å². The van der Waals surface area contributed by atoms with Crippen LogP contribution in [0.3, 0.4) is 0 Å². The lowest BCUT2D eigenvalue weighted by Gasteiger charge is -2.17. The molecule has 2 aromatic carbocycles. The van der Waals surface area contributed by atoms with E-state index < -0.39 is 14.8 Å². The van der Waals surface area contributed by atoms with Gasteiger partial charge in [0.2, 0.25) is 0 Å². The zero-order valence-corrected chi connectivity index (χ0v) is 15.2. The minimum Gasteiger partial charge on any atom is -0.356 e. The van der Waals surface area contributed by atoms with Gasteiger partial charge in [-0.05, 0) is 49.0 Å². The number of benzene rings is 2. The summed E-state index contributed by atoms with van der Waals surface area (Å²) in [5.74, 6) is 0. The first kappa shape index (κ1) is 18.8. The summed E-state index contributed by atoms with van der Waals surface area (Å²) in [5, 5.41) is 17.0. The van der Waals surface area contributed by atoms with E-state index in [1.807, 2.05) is 6.92 Å². The second-order valence-electron chi connectivity index (χ2n) is 5.47. The number of sulfone groups is 1. The number of nitro benzene ring substituents is 1. The number of rotatable bonds is 5. The van der Waals surface area contributed by atoms with E-state index in [2.05, 4.69) is 10.6 Å². The molecule has 9 heteroatoms. The summed E-state index contributed by atoms with van der Waals surface area (Å²) in [6.45, 7) is 1.89. The summed E-state index contributed by atoms with van der Waals surface area (Å²) < 4.78 is 22.9. The average molecular weight is 379 g/mol. The van der Waals surface area contributed by atoms with Crippen molar-refractivity contribution < 1.29 is 13.3 Å². The molecule has 0 heterocycles. The summed E-state index contributed by atoms with van der Waals surface area (Å²) in [4.78, 5) is 10.4. The van der Waals surface area contributed by atoms with E-state index in [1.165, 1.54) is 12.1 Å². The van der Waals surface area contributed by atoms with Gasteiger partial charge in [-0.15, -0.1) is 0 Å². The maximum Gasteiger partial charge on any atom is 0.269 e. The van der Waals surface area contributed by atoms with Crippen molar-refractivity contribution in [2.24, 2.45) is 0 Å². The van der Waals surface area contributed by atoms with E-state index >= 15 is 0 Å². The maximum absolute atomic E-state index is 11.5. The van der Waals surface area contributed by atoms with Crippen LogP contribution < -0.4 is 10.6 Å². The fraction of sp³-hybridized carbons (Fsp3) is 0.188. The molecule has 2 N–H and O–H groups in total. The Kier molecular flexibility index (Phi) is 5.70. The summed E-state index contributed by atoms with van der Waals surface area (Å²) in [5.41, 5.74) is 1.51. The molecule has 25 heavy (non-hydrogen) atoms. The molecule has 0 aliphatic carbocycles. The van der Waals surface area contributed by atoms with Gasteiger partial charge >= 0.3 is 0 Å². The molecule has 0 saturated heterocycles. The molecule has 2 aromatic rings. The van der Waals surface area contributed by atoms with Gasteiger partial charge in [0.05, 0.1) is 15.9 Å². The molecule has 0 radical (unpaired) electrons. The Morgan fingerprint density at radius 3 is 2.16 bits per heavy atom. The molecule has 0 aliphatic rings. The monoisotopic (exact) mass is 379 g/mol. The summed E-state index contributed by atoms with van der Waals surface area (Å²) in [7, 11) is -3.23. The van der Waals surface area contributed by atoms with Crippen molar-refractivity contribution in [2.75, 3.05) is 11.6 Å². The van der Waals surface area contributed by atoms with Crippen molar-refractivity contribution in [3.8, 4) is 0 Å². The average Bonchev–Trinajstić information content (AvgIpc) is 2.54. The maximum atomic E-state index is 11.5. The normalized spacial score (nSPS) is 12.2. The fourth-order valence-electron chi connectivity index (χ4n) is 2.12. The number of nitro groups is 1. The van der Waals surface area contributed by atoms with Crippen LogP contribution in [0.5, 0.6) is 0 Å². The van der Waals surface area contributed by atoms with Gasteiger partial charge in [-0.2, -0.15) is 0 Å². The molecular weight excluding hydrogens is 362 g/mol. The highest BCUT2D eigenvalue weighted by Gasteiger charge is 2.11. The minimum absolute atomic E-state index is 0.00348. The zero-order chi connectivity index (χ0) is 18.6. The van der Waals surface area contributed by atoms with Crippen LogP contribution in [0.15, 0.2) is 53.4 Å². The molecule has 0 aliphatic heterocycles. The first-order valence-electron chi connectivity index (χ1n) is 7.29. The molecule has 0 aromatic heterocycles. The Bertz CT molecular complexity index is 879. The van der Waals surface area contributed by atoms with E-state index in [0.29, 0.717) is 10.8 Å². The van der Waals surface area contributed by atoms with E-state index in [4.69, 9.17) is 12.2 Å². The van der Waals surface area contributed by atoms with Gasteiger partial charge in [0, 0.05) is 24.1 Å². The van der Waals surface area contributed by atoms with E-state index in [0.717, 1.165) is 11.8 Å². The largest absolute Gasteiger partial charge is 0.356 e. The molecule has 0 fully saturated rings. The molecule has 0 amide bonds. The van der Waals surface area contributed by atoms with Crippen molar-refractivity contribution in [1.82, 2.24) is 5.32 Å². The highest BCUT2D eigenvalue weighted by molar-refractivity contribution is 7.90. The summed E-state index contributed by atoms with van der Waals surface area (Å²) in [6.07, 6.45) is 1.16. The van der Waals surface area contributed by atoms with Crippen LogP contribution in [0, 0.1) is 10.1 Å². The zero-order valence-electron chi connectivity index (χ0n) is 13.6. The van der Waals surface area contributed by atoms with Gasteiger partial charge in [-0.3, -0.25) is 10.1 Å². The molecular formula is C16H17N3O4S2. The lowest BCUT2D eigenvalue weighted by atomic mass is 10.1. The van der Waals surface area contributed by atoms with Crippen LogP contribution in [0.4, 0.5) is 11.4 Å². The lowest BCUT2D eigenvalue weighted by molar-refractivity contribution is -0.384. The van der Waals surface area contributed by atoms with Crippen LogP contribution in [-0.4, -0.2) is 24.7 Å². The van der Waals surface area contributed by atoms with Crippen LogP contribution in [0.2, 0.25) is 0 Å². The van der Waals surface area contributed by atoms with Crippen molar-refractivity contribution in [2.45, 2.75) is 17.9 Å². The van der Waals surface area contributed by atoms with Crippen LogP contribution in [0.1, 0.15) is 18.5 Å². The van der Waals surface area contributed by atoms with Crippen molar-refractivity contribution in [3.05, 3.63) is 64.2 Å². The van der Waals surface area contributed by atoms with E-state index in [-0.39, 0.29) is 16.6 Å². The van der Waals surface area contributed by atoms with Crippen molar-refractivity contribution >= 4 is 38.5 Å². The standard InChI is InChI=1S/C16H17N3O4S2/c1-11(12-3-9-15(10-4-12)25(2,22)23)17-16(24)18-13-5-7-14(8-6-13)19(20)21/h3-11H,1-2H3,(H2,17,18,24)/t11-/m0/s1. The van der Waals surface area contributed by atoms with E-state index in [9.17, 15) is 18.5 Å². The number of nitrogens with zero attached hydrogens (tertiary/aromatic N) is 1. The van der Waals surface area contributed by atoms with Gasteiger partial charge in [0.15, 0.2) is 14.9 Å². The van der Waals surface area contributed by atoms with E-state index in [1.54, 1.807) is 36.4 Å². The third-order valence-corrected chi connectivity index (χ3v) is 4.84. The summed E-state index contributed by atoms with van der Waals surface area (Å²) >= 11 is 5.23. The Hall–Kier alpha value is -2.52. The minimum atomic E-state index is -3.23. The van der Waals surface area contributed by atoms with Crippen LogP contribution in [-0.2, 0) is 9.84 Å². The number of non-ortho nitro benzene ring substituents is 1. The number of nitrogens with one attached hydrogen (secondary N) is 2. The number of hydrogen-bond donors (Lipinski definition) is 2. The first-order valence-corrected chi connectivity index (χ1v) is 9.59. The highest BCUT2D eigenvalue weighted by atomic mass is 32.2. The summed E-state index contributed by atoms with van der Waals surface area (Å²) in [6, 6.07) is 12.3. The lowest BCUT2D eigenvalue weighted by Crippen LogP contribution is -2.30. The molecule has 0 saturated carbocycles. The highest BCUT2D eigenvalue weighted by Crippen LogP contribution is 2.18. The molecule has 7 nitrogen and oxygen atoms in total. The first-order chi connectivity index (χ1) is 11.7. The Morgan fingerprint density at radius 2 is 1.68 bits per heavy atom. The third-order valence-electron chi connectivity index (χ3n) is 3.49. The van der Waals surface area contributed by atoms with Gasteiger partial charge in [-0.25, -0.2) is 8.42 Å². The fourth-order valence-corrected chi connectivity index (χ4v) is 3.04. The molecule has 1 atom stereocenters. The molecule has 132 valence electrons. The van der Waals surface area contributed by atoms with Crippen molar-refractivity contribution in [3.63, 3.8) is 0 Å². The number of hydrogen-bond acceptors (Lipinski definition) is 5. The third kappa shape index (κ3) is 5.23. The van der Waals surface area contributed by atoms with Crippen LogP contribution in [0.25, 0.3) is 0 Å². The smallest absolute Gasteiger partial charge is 0.269 e. The molecule has 0 unspecified atom stereocenters. The number of anilines is 1. The predicted octanol–water partition coefficient (Wildman–Crippen LogP) is 3.05. The van der Waals surface area contributed by atoms with Crippen molar-refractivity contribution in [1.29, 1.82) is 0 Å². The van der Waals surface area contributed by atoms with Gasteiger partial charge < -0.3 is 10.6 Å². The molecule has 0 bridgehead atoms. The Balaban J connectivity index is 1.98.